The Bertz CT molecular complexity index is 450. The van der Waals surface area contributed by atoms with E-state index in [0.717, 1.165) is 31.8 Å². The van der Waals surface area contributed by atoms with Gasteiger partial charge in [-0.1, -0.05) is 6.07 Å². The summed E-state index contributed by atoms with van der Waals surface area (Å²) in [6.45, 7) is 2.58. The Morgan fingerprint density at radius 3 is 2.71 bits per heavy atom. The highest BCUT2D eigenvalue weighted by molar-refractivity contribution is 7.10. The van der Waals surface area contributed by atoms with Gasteiger partial charge in [0.2, 0.25) is 5.91 Å². The fraction of sp³-hybridized carbons (Fsp3) is 0.688. The predicted octanol–water partition coefficient (Wildman–Crippen LogP) is 2.00. The lowest BCUT2D eigenvalue weighted by Gasteiger charge is -2.34. The smallest absolute Gasteiger partial charge is 0.233 e. The number of carbonyl (C=O) groups excluding carboxylic acids is 1. The van der Waals surface area contributed by atoms with Crippen LogP contribution in [0.15, 0.2) is 17.5 Å². The molecule has 1 aromatic heterocycles. The van der Waals surface area contributed by atoms with Crippen LogP contribution in [-0.2, 0) is 4.79 Å². The van der Waals surface area contributed by atoms with E-state index in [1.165, 1.54) is 17.7 Å². The summed E-state index contributed by atoms with van der Waals surface area (Å²) in [6.07, 6.45) is 5.02. The van der Waals surface area contributed by atoms with Gasteiger partial charge in [0, 0.05) is 37.1 Å². The van der Waals surface area contributed by atoms with Crippen molar-refractivity contribution in [3.63, 3.8) is 0 Å². The number of rotatable bonds is 6. The molecule has 1 unspecified atom stereocenters. The second-order valence-corrected chi connectivity index (χ2v) is 7.20. The van der Waals surface area contributed by atoms with Crippen LogP contribution in [0.1, 0.15) is 36.6 Å². The van der Waals surface area contributed by atoms with Gasteiger partial charge in [0.25, 0.3) is 0 Å². The summed E-state index contributed by atoms with van der Waals surface area (Å²) < 4.78 is 0. The number of likely N-dealkylation sites (tertiary alicyclic amines) is 1. The summed E-state index contributed by atoms with van der Waals surface area (Å²) in [5.41, 5.74) is 0. The van der Waals surface area contributed by atoms with E-state index in [4.69, 9.17) is 0 Å². The molecule has 5 heteroatoms. The molecule has 0 aromatic carbocycles. The highest BCUT2D eigenvalue weighted by atomic mass is 32.1. The number of hydrogen-bond acceptors (Lipinski definition) is 4. The van der Waals surface area contributed by atoms with Crippen LogP contribution in [0.4, 0.5) is 0 Å². The molecule has 2 aliphatic rings. The molecule has 1 aromatic rings. The van der Waals surface area contributed by atoms with Crippen molar-refractivity contribution < 1.29 is 4.79 Å². The molecule has 0 bridgehead atoms. The zero-order valence-corrected chi connectivity index (χ0v) is 13.5. The first-order valence-electron chi connectivity index (χ1n) is 7.98. The second kappa shape index (κ2) is 6.90. The van der Waals surface area contributed by atoms with Crippen LogP contribution in [0.5, 0.6) is 0 Å². The van der Waals surface area contributed by atoms with Crippen LogP contribution in [0.25, 0.3) is 0 Å². The summed E-state index contributed by atoms with van der Waals surface area (Å²) in [7, 11) is 1.71. The molecule has 2 N–H and O–H groups in total. The highest BCUT2D eigenvalue weighted by Crippen LogP contribution is 2.42. The number of piperidine rings is 1. The minimum Gasteiger partial charge on any atom is -0.358 e. The van der Waals surface area contributed by atoms with Crippen LogP contribution in [-0.4, -0.2) is 43.5 Å². The summed E-state index contributed by atoms with van der Waals surface area (Å²) in [4.78, 5) is 15.2. The fourth-order valence-electron chi connectivity index (χ4n) is 3.14. The van der Waals surface area contributed by atoms with Gasteiger partial charge < -0.3 is 10.6 Å². The molecule has 3 rings (SSSR count). The number of likely N-dealkylation sites (N-methyl/N-ethyl adjacent to an activating group) is 1. The van der Waals surface area contributed by atoms with E-state index in [1.807, 2.05) is 11.3 Å². The fourth-order valence-corrected chi connectivity index (χ4v) is 4.02. The minimum atomic E-state index is 0.121. The first kappa shape index (κ1) is 15.0. The lowest BCUT2D eigenvalue weighted by atomic mass is 10.0. The van der Waals surface area contributed by atoms with Crippen molar-refractivity contribution in [2.24, 2.45) is 5.92 Å². The largest absolute Gasteiger partial charge is 0.358 e. The third kappa shape index (κ3) is 4.05. The van der Waals surface area contributed by atoms with Gasteiger partial charge in [-0.3, -0.25) is 9.69 Å². The molecular weight excluding hydrogens is 282 g/mol. The van der Waals surface area contributed by atoms with E-state index in [1.54, 1.807) is 7.05 Å². The molecule has 1 aliphatic carbocycles. The number of thiophene rings is 1. The lowest BCUT2D eigenvalue weighted by molar-refractivity contribution is -0.122. The predicted molar refractivity (Wildman–Crippen MR) is 86.4 cm³/mol. The maximum atomic E-state index is 11.4. The van der Waals surface area contributed by atoms with Crippen molar-refractivity contribution in [1.29, 1.82) is 0 Å². The van der Waals surface area contributed by atoms with Crippen LogP contribution in [0, 0.1) is 5.92 Å². The summed E-state index contributed by atoms with van der Waals surface area (Å²) >= 11 is 1.87. The van der Waals surface area contributed by atoms with E-state index in [0.29, 0.717) is 18.6 Å². The Balaban J connectivity index is 1.49. The van der Waals surface area contributed by atoms with E-state index in [9.17, 15) is 4.79 Å². The van der Waals surface area contributed by atoms with E-state index in [2.05, 4.69) is 33.0 Å². The Hall–Kier alpha value is -0.910. The Morgan fingerprint density at radius 2 is 2.14 bits per heavy atom. The Morgan fingerprint density at radius 1 is 1.38 bits per heavy atom. The van der Waals surface area contributed by atoms with Crippen LogP contribution >= 0.6 is 11.3 Å². The molecule has 4 nitrogen and oxygen atoms in total. The molecule has 0 spiro atoms. The quantitative estimate of drug-likeness (QED) is 0.845. The normalized spacial score (nSPS) is 22.1. The van der Waals surface area contributed by atoms with Crippen molar-refractivity contribution in [2.45, 2.75) is 37.8 Å². The second-order valence-electron chi connectivity index (χ2n) is 6.22. The molecular formula is C16H25N3OS. The molecule has 21 heavy (non-hydrogen) atoms. The van der Waals surface area contributed by atoms with Crippen molar-refractivity contribution in [2.75, 3.05) is 26.7 Å². The standard InChI is InChI=1S/C16H25N3OS/c1-17-15(20)11-19-8-6-13(7-9-19)18-16(12-4-5-12)14-3-2-10-21-14/h2-3,10,12-13,16,18H,4-9,11H2,1H3,(H,17,20). The zero-order chi connectivity index (χ0) is 14.7. The summed E-state index contributed by atoms with van der Waals surface area (Å²) in [6, 6.07) is 5.57. The first-order chi connectivity index (χ1) is 10.3. The molecule has 116 valence electrons. The molecule has 1 atom stereocenters. The molecule has 1 saturated carbocycles. The molecule has 0 radical (unpaired) electrons. The van der Waals surface area contributed by atoms with Crippen LogP contribution < -0.4 is 10.6 Å². The number of hydrogen-bond donors (Lipinski definition) is 2. The third-order valence-electron chi connectivity index (χ3n) is 4.59. The molecule has 2 heterocycles. The van der Waals surface area contributed by atoms with E-state index < -0.39 is 0 Å². The van der Waals surface area contributed by atoms with Gasteiger partial charge in [-0.05, 0) is 43.0 Å². The molecule has 1 amide bonds. The van der Waals surface area contributed by atoms with Crippen LogP contribution in [0.2, 0.25) is 0 Å². The van der Waals surface area contributed by atoms with Gasteiger partial charge >= 0.3 is 0 Å². The summed E-state index contributed by atoms with van der Waals surface area (Å²) in [5, 5.41) is 8.77. The van der Waals surface area contributed by atoms with Crippen molar-refractivity contribution in [1.82, 2.24) is 15.5 Å². The first-order valence-corrected chi connectivity index (χ1v) is 8.86. The van der Waals surface area contributed by atoms with Crippen LogP contribution in [0.3, 0.4) is 0 Å². The van der Waals surface area contributed by atoms with Gasteiger partial charge in [-0.2, -0.15) is 0 Å². The van der Waals surface area contributed by atoms with Gasteiger partial charge in [0.1, 0.15) is 0 Å². The number of nitrogens with zero attached hydrogens (tertiary/aromatic N) is 1. The van der Waals surface area contributed by atoms with Gasteiger partial charge in [0.05, 0.1) is 6.54 Å². The maximum absolute atomic E-state index is 11.4. The SMILES string of the molecule is CNC(=O)CN1CCC(NC(c2cccs2)C2CC2)CC1. The average molecular weight is 307 g/mol. The van der Waals surface area contributed by atoms with E-state index in [-0.39, 0.29) is 5.91 Å². The van der Waals surface area contributed by atoms with Crippen molar-refractivity contribution in [3.8, 4) is 0 Å². The Kier molecular flexibility index (Phi) is 4.93. The topological polar surface area (TPSA) is 44.4 Å². The number of nitrogens with one attached hydrogen (secondary N) is 2. The van der Waals surface area contributed by atoms with Crippen molar-refractivity contribution >= 4 is 17.2 Å². The number of amides is 1. The zero-order valence-electron chi connectivity index (χ0n) is 12.7. The lowest BCUT2D eigenvalue weighted by Crippen LogP contribution is -2.46. The summed E-state index contributed by atoms with van der Waals surface area (Å²) in [5.74, 6) is 0.961. The molecule has 2 fully saturated rings. The average Bonchev–Trinajstić information content (AvgIpc) is 3.20. The highest BCUT2D eigenvalue weighted by Gasteiger charge is 2.34. The third-order valence-corrected chi connectivity index (χ3v) is 5.55. The van der Waals surface area contributed by atoms with Gasteiger partial charge in [0.15, 0.2) is 0 Å². The van der Waals surface area contributed by atoms with E-state index >= 15 is 0 Å². The molecule has 1 saturated heterocycles. The maximum Gasteiger partial charge on any atom is 0.233 e. The number of carbonyl (C=O) groups is 1. The monoisotopic (exact) mass is 307 g/mol. The van der Waals surface area contributed by atoms with Gasteiger partial charge in [-0.15, -0.1) is 11.3 Å². The molecule has 1 aliphatic heterocycles. The van der Waals surface area contributed by atoms with Gasteiger partial charge in [-0.25, -0.2) is 0 Å². The Labute approximate surface area is 130 Å². The minimum absolute atomic E-state index is 0.121. The van der Waals surface area contributed by atoms with Crippen molar-refractivity contribution in [3.05, 3.63) is 22.4 Å².